The number of aromatic nitrogens is 1. The van der Waals surface area contributed by atoms with Crippen molar-refractivity contribution in [1.29, 1.82) is 0 Å². The molecule has 0 aliphatic carbocycles. The summed E-state index contributed by atoms with van der Waals surface area (Å²) in [6, 6.07) is 8.48. The second-order valence-electron chi connectivity index (χ2n) is 7.79. The van der Waals surface area contributed by atoms with Crippen molar-refractivity contribution in [2.24, 2.45) is 4.99 Å². The molecular formula is C21H32IN5OS. The highest BCUT2D eigenvalue weighted by Crippen LogP contribution is 2.26. The number of thiophene rings is 1. The minimum Gasteiger partial charge on any atom is -0.375 e. The van der Waals surface area contributed by atoms with Crippen molar-refractivity contribution in [2.45, 2.75) is 38.8 Å². The van der Waals surface area contributed by atoms with Gasteiger partial charge in [0, 0.05) is 49.7 Å². The van der Waals surface area contributed by atoms with E-state index in [-0.39, 0.29) is 35.5 Å². The highest BCUT2D eigenvalue weighted by atomic mass is 127. The van der Waals surface area contributed by atoms with Crippen LogP contribution in [-0.2, 0) is 16.7 Å². The third kappa shape index (κ3) is 6.82. The summed E-state index contributed by atoms with van der Waals surface area (Å²) >= 11 is 1.79. The number of hydrogen-bond donors (Lipinski definition) is 2. The summed E-state index contributed by atoms with van der Waals surface area (Å²) in [5.74, 6) is 1.82. The average Bonchev–Trinajstić information content (AvgIpc) is 3.24. The van der Waals surface area contributed by atoms with Gasteiger partial charge in [-0.2, -0.15) is 0 Å². The van der Waals surface area contributed by atoms with Crippen LogP contribution in [0.3, 0.4) is 0 Å². The van der Waals surface area contributed by atoms with Gasteiger partial charge in [-0.1, -0.05) is 19.9 Å². The first-order valence-corrected chi connectivity index (χ1v) is 10.7. The average molecular weight is 529 g/mol. The topological polar surface area (TPSA) is 61.8 Å². The number of guanidine groups is 1. The van der Waals surface area contributed by atoms with E-state index in [9.17, 15) is 0 Å². The van der Waals surface area contributed by atoms with Crippen molar-refractivity contribution >= 4 is 47.1 Å². The predicted molar refractivity (Wildman–Crippen MR) is 133 cm³/mol. The highest BCUT2D eigenvalue weighted by molar-refractivity contribution is 14.0. The number of nitrogens with zero attached hydrogens (tertiary/aromatic N) is 3. The number of halogens is 1. The molecule has 0 saturated carbocycles. The molecule has 1 aliphatic heterocycles. The molecule has 6 nitrogen and oxygen atoms in total. The Morgan fingerprint density at radius 2 is 2.21 bits per heavy atom. The van der Waals surface area contributed by atoms with E-state index >= 15 is 0 Å². The highest BCUT2D eigenvalue weighted by Gasteiger charge is 2.22. The van der Waals surface area contributed by atoms with Crippen LogP contribution in [0.15, 0.2) is 40.8 Å². The van der Waals surface area contributed by atoms with Crippen molar-refractivity contribution in [2.75, 3.05) is 38.2 Å². The lowest BCUT2D eigenvalue weighted by Crippen LogP contribution is -2.43. The van der Waals surface area contributed by atoms with E-state index in [1.807, 2.05) is 12.3 Å². The lowest BCUT2D eigenvalue weighted by atomic mass is 9.91. The maximum Gasteiger partial charge on any atom is 0.191 e. The van der Waals surface area contributed by atoms with Gasteiger partial charge in [0.2, 0.25) is 0 Å². The Kier molecular flexibility index (Phi) is 9.16. The van der Waals surface area contributed by atoms with Crippen molar-refractivity contribution in [3.05, 3.63) is 46.3 Å². The zero-order valence-electron chi connectivity index (χ0n) is 17.6. The number of aliphatic imine (C=N–C) groups is 1. The molecule has 3 heterocycles. The van der Waals surface area contributed by atoms with Crippen molar-refractivity contribution in [3.8, 4) is 0 Å². The number of morpholine rings is 1. The number of ether oxygens (including phenoxy) is 1. The fourth-order valence-corrected chi connectivity index (χ4v) is 4.08. The van der Waals surface area contributed by atoms with E-state index in [0.29, 0.717) is 6.54 Å². The Morgan fingerprint density at radius 1 is 1.38 bits per heavy atom. The maximum atomic E-state index is 5.63. The molecule has 0 radical (unpaired) electrons. The van der Waals surface area contributed by atoms with Crippen LogP contribution >= 0.6 is 35.3 Å². The molecule has 1 atom stereocenters. The zero-order chi connectivity index (χ0) is 20.0. The SMILES string of the molecule is CN=C(NCc1ccnc(N2CCOC(C)C2)c1)NCC(C)(C)c1cccs1.I. The summed E-state index contributed by atoms with van der Waals surface area (Å²) < 4.78 is 5.63. The van der Waals surface area contributed by atoms with E-state index in [1.54, 1.807) is 18.4 Å². The van der Waals surface area contributed by atoms with E-state index in [0.717, 1.165) is 38.0 Å². The monoisotopic (exact) mass is 529 g/mol. The van der Waals surface area contributed by atoms with E-state index < -0.39 is 0 Å². The Hall–Kier alpha value is -1.39. The van der Waals surface area contributed by atoms with Crippen LogP contribution in [0.25, 0.3) is 0 Å². The molecule has 0 spiro atoms. The van der Waals surface area contributed by atoms with Crippen LogP contribution in [-0.4, -0.2) is 50.3 Å². The Labute approximate surface area is 195 Å². The molecule has 1 aliphatic rings. The molecule has 8 heteroatoms. The minimum atomic E-state index is 0. The largest absolute Gasteiger partial charge is 0.375 e. The van der Waals surface area contributed by atoms with Gasteiger partial charge in [0.05, 0.1) is 12.7 Å². The van der Waals surface area contributed by atoms with Gasteiger partial charge < -0.3 is 20.3 Å². The van der Waals surface area contributed by atoms with Gasteiger partial charge in [0.1, 0.15) is 5.82 Å². The first-order valence-electron chi connectivity index (χ1n) is 9.78. The Balaban J connectivity index is 0.00000300. The predicted octanol–water partition coefficient (Wildman–Crippen LogP) is 3.63. The van der Waals surface area contributed by atoms with Crippen molar-refractivity contribution < 1.29 is 4.74 Å². The van der Waals surface area contributed by atoms with E-state index in [2.05, 4.69) is 69.9 Å². The standard InChI is InChI=1S/C21H31N5OS.HI/c1-16-14-26(9-10-27-16)19-12-17(7-8-23-19)13-24-20(22-4)25-15-21(2,3)18-6-5-11-28-18;/h5-8,11-12,16H,9-10,13-15H2,1-4H3,(H2,22,24,25);1H. The summed E-state index contributed by atoms with van der Waals surface area (Å²) in [7, 11) is 1.81. The van der Waals surface area contributed by atoms with Crippen LogP contribution in [0.1, 0.15) is 31.2 Å². The van der Waals surface area contributed by atoms with Gasteiger partial charge in [-0.25, -0.2) is 4.98 Å². The second-order valence-corrected chi connectivity index (χ2v) is 8.74. The molecule has 2 aromatic rings. The molecule has 1 unspecified atom stereocenters. The normalized spacial score (nSPS) is 17.6. The molecular weight excluding hydrogens is 497 g/mol. The van der Waals surface area contributed by atoms with Crippen molar-refractivity contribution in [3.63, 3.8) is 0 Å². The van der Waals surface area contributed by atoms with Crippen LogP contribution in [0, 0.1) is 0 Å². The third-order valence-electron chi connectivity index (χ3n) is 4.94. The van der Waals surface area contributed by atoms with Crippen LogP contribution < -0.4 is 15.5 Å². The van der Waals surface area contributed by atoms with Gasteiger partial charge in [-0.05, 0) is 36.1 Å². The first-order chi connectivity index (χ1) is 13.5. The van der Waals surface area contributed by atoms with E-state index in [4.69, 9.17) is 4.74 Å². The summed E-state index contributed by atoms with van der Waals surface area (Å²) in [5.41, 5.74) is 1.24. The molecule has 160 valence electrons. The van der Waals surface area contributed by atoms with Gasteiger partial charge >= 0.3 is 0 Å². The molecule has 0 aromatic carbocycles. The Morgan fingerprint density at radius 3 is 2.90 bits per heavy atom. The second kappa shape index (κ2) is 11.1. The quantitative estimate of drug-likeness (QED) is 0.340. The first kappa shape index (κ1) is 23.9. The van der Waals surface area contributed by atoms with Gasteiger partial charge in [-0.15, -0.1) is 35.3 Å². The van der Waals surface area contributed by atoms with E-state index in [1.165, 1.54) is 10.4 Å². The third-order valence-corrected chi connectivity index (χ3v) is 6.18. The van der Waals surface area contributed by atoms with Crippen LogP contribution in [0.5, 0.6) is 0 Å². The van der Waals surface area contributed by atoms with Gasteiger partial charge in [0.25, 0.3) is 0 Å². The number of hydrogen-bond acceptors (Lipinski definition) is 5. The van der Waals surface area contributed by atoms with Gasteiger partial charge in [-0.3, -0.25) is 4.99 Å². The summed E-state index contributed by atoms with van der Waals surface area (Å²) in [4.78, 5) is 12.6. The molecule has 2 aromatic heterocycles. The fraction of sp³-hybridized carbons (Fsp3) is 0.524. The molecule has 0 bridgehead atoms. The van der Waals surface area contributed by atoms with Gasteiger partial charge in [0.15, 0.2) is 5.96 Å². The maximum absolute atomic E-state index is 5.63. The molecule has 0 amide bonds. The lowest BCUT2D eigenvalue weighted by molar-refractivity contribution is 0.0529. The zero-order valence-corrected chi connectivity index (χ0v) is 20.8. The number of pyridine rings is 1. The fourth-order valence-electron chi connectivity index (χ4n) is 3.23. The molecule has 29 heavy (non-hydrogen) atoms. The molecule has 3 rings (SSSR count). The smallest absolute Gasteiger partial charge is 0.191 e. The summed E-state index contributed by atoms with van der Waals surface area (Å²) in [5, 5.41) is 8.99. The lowest BCUT2D eigenvalue weighted by Gasteiger charge is -2.32. The molecule has 2 N–H and O–H groups in total. The number of anilines is 1. The molecule has 1 saturated heterocycles. The van der Waals surface area contributed by atoms with Crippen molar-refractivity contribution in [1.82, 2.24) is 15.6 Å². The van der Waals surface area contributed by atoms with Crippen LogP contribution in [0.2, 0.25) is 0 Å². The molecule has 1 fully saturated rings. The van der Waals surface area contributed by atoms with Crippen LogP contribution in [0.4, 0.5) is 5.82 Å². The number of nitrogens with one attached hydrogen (secondary N) is 2. The minimum absolute atomic E-state index is 0. The Bertz CT molecular complexity index is 781. The summed E-state index contributed by atoms with van der Waals surface area (Å²) in [6.07, 6.45) is 2.12. The summed E-state index contributed by atoms with van der Waals surface area (Å²) in [6.45, 7) is 10.6. The number of rotatable bonds is 6.